The Morgan fingerprint density at radius 2 is 1.82 bits per heavy atom. The molecule has 148 valence electrons. The molecule has 6 nitrogen and oxygen atoms in total. The lowest BCUT2D eigenvalue weighted by Gasteiger charge is -2.16. The second kappa shape index (κ2) is 8.78. The molecule has 2 aromatic rings. The van der Waals surface area contributed by atoms with Gasteiger partial charge in [-0.05, 0) is 43.2 Å². The van der Waals surface area contributed by atoms with Gasteiger partial charge in [0.15, 0.2) is 0 Å². The van der Waals surface area contributed by atoms with E-state index in [0.717, 1.165) is 22.6 Å². The minimum absolute atomic E-state index is 0.0803. The molecule has 1 aliphatic heterocycles. The zero-order chi connectivity index (χ0) is 20.1. The second-order valence-corrected chi connectivity index (χ2v) is 7.12. The maximum atomic E-state index is 11.9. The number of carbonyl (C=O) groups is 2. The minimum atomic E-state index is -0.914. The van der Waals surface area contributed by atoms with Gasteiger partial charge in [-0.3, -0.25) is 9.59 Å². The highest BCUT2D eigenvalue weighted by atomic mass is 16.5. The van der Waals surface area contributed by atoms with Gasteiger partial charge >= 0.3 is 5.97 Å². The summed E-state index contributed by atoms with van der Waals surface area (Å²) in [7, 11) is 0. The lowest BCUT2D eigenvalue weighted by molar-refractivity contribution is -0.141. The number of carbonyl (C=O) groups excluding carboxylic acids is 1. The topological polar surface area (TPSA) is 76.1 Å². The molecule has 0 saturated carbocycles. The number of aliphatic carboxylic acids is 1. The molecular weight excluding hydrogens is 358 g/mol. The van der Waals surface area contributed by atoms with Crippen LogP contribution in [0.1, 0.15) is 23.1 Å². The summed E-state index contributed by atoms with van der Waals surface area (Å²) in [6.07, 6.45) is 0.0803. The number of hydrogen-bond donors (Lipinski definition) is 1. The molecule has 3 rings (SSSR count). The first-order valence-corrected chi connectivity index (χ1v) is 9.35. The number of ether oxygens (including phenoxy) is 2. The van der Waals surface area contributed by atoms with E-state index in [2.05, 4.69) is 6.07 Å². The molecular formula is C22H25NO5. The quantitative estimate of drug-likeness (QED) is 0.709. The normalized spacial score (nSPS) is 16.3. The maximum absolute atomic E-state index is 11.9. The van der Waals surface area contributed by atoms with Crippen molar-refractivity contribution in [3.05, 3.63) is 59.2 Å². The monoisotopic (exact) mass is 383 g/mol. The first-order chi connectivity index (χ1) is 13.4. The molecule has 0 bridgehead atoms. The molecule has 2 aromatic carbocycles. The van der Waals surface area contributed by atoms with Crippen LogP contribution in [0.15, 0.2) is 42.5 Å². The van der Waals surface area contributed by atoms with Gasteiger partial charge < -0.3 is 19.5 Å². The third kappa shape index (κ3) is 5.03. The molecule has 1 aliphatic rings. The summed E-state index contributed by atoms with van der Waals surface area (Å²) in [5.41, 5.74) is 3.25. The van der Waals surface area contributed by atoms with E-state index in [1.165, 1.54) is 5.56 Å². The molecule has 1 atom stereocenters. The Morgan fingerprint density at radius 3 is 2.46 bits per heavy atom. The Kier molecular flexibility index (Phi) is 6.19. The van der Waals surface area contributed by atoms with Gasteiger partial charge in [0.25, 0.3) is 0 Å². The maximum Gasteiger partial charge on any atom is 0.308 e. The number of carboxylic acids is 1. The lowest BCUT2D eigenvalue weighted by atomic mass is 10.1. The fourth-order valence-electron chi connectivity index (χ4n) is 3.27. The van der Waals surface area contributed by atoms with Gasteiger partial charge in [-0.1, -0.05) is 29.8 Å². The lowest BCUT2D eigenvalue weighted by Crippen LogP contribution is -2.25. The standard InChI is InChI=1S/C22H25NO5/c1-15-3-8-20(16(2)11-15)28-10-9-27-19-6-4-17(5-7-19)13-23-14-18(22(25)26)12-21(23)24/h3-8,11,18H,9-10,12-14H2,1-2H3,(H,25,26). The van der Waals surface area contributed by atoms with Crippen LogP contribution in [0, 0.1) is 19.8 Å². The summed E-state index contributed by atoms with van der Waals surface area (Å²) in [4.78, 5) is 24.5. The van der Waals surface area contributed by atoms with Crippen LogP contribution in [-0.4, -0.2) is 41.6 Å². The molecule has 1 saturated heterocycles. The van der Waals surface area contributed by atoms with Crippen molar-refractivity contribution in [3.63, 3.8) is 0 Å². The van der Waals surface area contributed by atoms with Crippen molar-refractivity contribution in [2.24, 2.45) is 5.92 Å². The Bertz CT molecular complexity index is 847. The van der Waals surface area contributed by atoms with E-state index >= 15 is 0 Å². The van der Waals surface area contributed by atoms with Gasteiger partial charge in [0, 0.05) is 19.5 Å². The van der Waals surface area contributed by atoms with Crippen molar-refractivity contribution in [1.82, 2.24) is 4.90 Å². The Hall–Kier alpha value is -3.02. The number of benzene rings is 2. The van der Waals surface area contributed by atoms with Crippen LogP contribution in [0.2, 0.25) is 0 Å². The van der Waals surface area contributed by atoms with E-state index in [1.54, 1.807) is 4.90 Å². The Morgan fingerprint density at radius 1 is 1.11 bits per heavy atom. The number of rotatable bonds is 8. The molecule has 1 heterocycles. The van der Waals surface area contributed by atoms with Gasteiger partial charge in [-0.15, -0.1) is 0 Å². The Labute approximate surface area is 164 Å². The molecule has 0 spiro atoms. The van der Waals surface area contributed by atoms with Crippen molar-refractivity contribution in [2.75, 3.05) is 19.8 Å². The van der Waals surface area contributed by atoms with Crippen molar-refractivity contribution in [3.8, 4) is 11.5 Å². The largest absolute Gasteiger partial charge is 0.490 e. The SMILES string of the molecule is Cc1ccc(OCCOc2ccc(CN3CC(C(=O)O)CC3=O)cc2)c(C)c1. The third-order valence-electron chi connectivity index (χ3n) is 4.80. The summed E-state index contributed by atoms with van der Waals surface area (Å²) in [5.74, 6) is -0.0465. The van der Waals surface area contributed by atoms with Crippen LogP contribution in [0.5, 0.6) is 11.5 Å². The molecule has 1 N–H and O–H groups in total. The highest BCUT2D eigenvalue weighted by Gasteiger charge is 2.33. The summed E-state index contributed by atoms with van der Waals surface area (Å²) in [6.45, 7) is 5.63. The van der Waals surface area contributed by atoms with Crippen LogP contribution < -0.4 is 9.47 Å². The molecule has 1 fully saturated rings. The first-order valence-electron chi connectivity index (χ1n) is 9.35. The predicted octanol–water partition coefficient (Wildman–Crippen LogP) is 3.19. The van der Waals surface area contributed by atoms with Crippen LogP contribution in [0.25, 0.3) is 0 Å². The van der Waals surface area contributed by atoms with Crippen LogP contribution in [0.4, 0.5) is 0 Å². The number of likely N-dealkylation sites (tertiary alicyclic amines) is 1. The fraction of sp³-hybridized carbons (Fsp3) is 0.364. The number of carboxylic acid groups (broad SMARTS) is 1. The fourth-order valence-corrected chi connectivity index (χ4v) is 3.27. The molecule has 0 radical (unpaired) electrons. The molecule has 0 aliphatic carbocycles. The van der Waals surface area contributed by atoms with Crippen molar-refractivity contribution in [2.45, 2.75) is 26.8 Å². The van der Waals surface area contributed by atoms with Gasteiger partial charge in [0.2, 0.25) is 5.91 Å². The van der Waals surface area contributed by atoms with E-state index in [1.807, 2.05) is 50.2 Å². The third-order valence-corrected chi connectivity index (χ3v) is 4.80. The smallest absolute Gasteiger partial charge is 0.308 e. The predicted molar refractivity (Wildman–Crippen MR) is 105 cm³/mol. The average Bonchev–Trinajstić information content (AvgIpc) is 3.02. The van der Waals surface area contributed by atoms with Crippen LogP contribution in [0.3, 0.4) is 0 Å². The number of aryl methyl sites for hydroxylation is 2. The van der Waals surface area contributed by atoms with Gasteiger partial charge in [-0.25, -0.2) is 0 Å². The highest BCUT2D eigenvalue weighted by Crippen LogP contribution is 2.22. The van der Waals surface area contributed by atoms with Gasteiger partial charge in [0.05, 0.1) is 5.92 Å². The summed E-state index contributed by atoms with van der Waals surface area (Å²) >= 11 is 0. The van der Waals surface area contributed by atoms with E-state index in [-0.39, 0.29) is 18.9 Å². The van der Waals surface area contributed by atoms with E-state index in [4.69, 9.17) is 14.6 Å². The molecule has 1 amide bonds. The molecule has 0 aromatic heterocycles. The number of hydrogen-bond acceptors (Lipinski definition) is 4. The summed E-state index contributed by atoms with van der Waals surface area (Å²) in [5, 5.41) is 9.05. The van der Waals surface area contributed by atoms with Crippen molar-refractivity contribution < 1.29 is 24.2 Å². The molecule has 6 heteroatoms. The Balaban J connectivity index is 1.44. The summed E-state index contributed by atoms with van der Waals surface area (Å²) in [6, 6.07) is 13.5. The zero-order valence-corrected chi connectivity index (χ0v) is 16.2. The number of nitrogens with zero attached hydrogens (tertiary/aromatic N) is 1. The van der Waals surface area contributed by atoms with Crippen molar-refractivity contribution in [1.29, 1.82) is 0 Å². The second-order valence-electron chi connectivity index (χ2n) is 7.12. The van der Waals surface area contributed by atoms with Crippen molar-refractivity contribution >= 4 is 11.9 Å². The minimum Gasteiger partial charge on any atom is -0.490 e. The highest BCUT2D eigenvalue weighted by molar-refractivity contribution is 5.86. The van der Waals surface area contributed by atoms with Crippen LogP contribution >= 0.6 is 0 Å². The van der Waals surface area contributed by atoms with E-state index in [0.29, 0.717) is 19.8 Å². The first kappa shape index (κ1) is 19.7. The van der Waals surface area contributed by atoms with Gasteiger partial charge in [-0.2, -0.15) is 0 Å². The van der Waals surface area contributed by atoms with Crippen LogP contribution in [-0.2, 0) is 16.1 Å². The average molecular weight is 383 g/mol. The summed E-state index contributed by atoms with van der Waals surface area (Å²) < 4.78 is 11.5. The van der Waals surface area contributed by atoms with Gasteiger partial charge in [0.1, 0.15) is 24.7 Å². The zero-order valence-electron chi connectivity index (χ0n) is 16.2. The van der Waals surface area contributed by atoms with E-state index < -0.39 is 11.9 Å². The molecule has 1 unspecified atom stereocenters. The molecule has 28 heavy (non-hydrogen) atoms. The van der Waals surface area contributed by atoms with E-state index in [9.17, 15) is 9.59 Å². The number of amides is 1.